The average Bonchev–Trinajstić information content (AvgIpc) is 2.95. The van der Waals surface area contributed by atoms with Gasteiger partial charge in [0.25, 0.3) is 5.91 Å². The molecule has 20 heavy (non-hydrogen) atoms. The Morgan fingerprint density at radius 1 is 1.55 bits per heavy atom. The minimum absolute atomic E-state index is 0.210. The van der Waals surface area contributed by atoms with Crippen molar-refractivity contribution in [1.82, 2.24) is 9.78 Å². The Morgan fingerprint density at radius 3 is 2.90 bits per heavy atom. The van der Waals surface area contributed by atoms with Crippen LogP contribution < -0.4 is 5.32 Å². The van der Waals surface area contributed by atoms with Crippen LogP contribution in [0.25, 0.3) is 0 Å². The predicted octanol–water partition coefficient (Wildman–Crippen LogP) is 1.12. The number of amides is 1. The lowest BCUT2D eigenvalue weighted by atomic mass is 10.1. The highest BCUT2D eigenvalue weighted by molar-refractivity contribution is 5.97. The van der Waals surface area contributed by atoms with Crippen LogP contribution in [0, 0.1) is 0 Å². The van der Waals surface area contributed by atoms with Gasteiger partial charge in [0.2, 0.25) is 0 Å². The number of aromatic nitrogens is 2. The smallest absolute Gasteiger partial charge is 0.303 e. The maximum absolute atomic E-state index is 12.1. The molecule has 1 N–H and O–H groups in total. The highest BCUT2D eigenvalue weighted by Gasteiger charge is 2.31. The molecule has 0 saturated carbocycles. The van der Waals surface area contributed by atoms with Gasteiger partial charge >= 0.3 is 5.97 Å². The van der Waals surface area contributed by atoms with E-state index in [9.17, 15) is 9.59 Å². The van der Waals surface area contributed by atoms with E-state index in [1.165, 1.54) is 6.92 Å². The van der Waals surface area contributed by atoms with Gasteiger partial charge in [0.05, 0.1) is 24.5 Å². The summed E-state index contributed by atoms with van der Waals surface area (Å²) < 4.78 is 12.1. The summed E-state index contributed by atoms with van der Waals surface area (Å²) in [7, 11) is 0. The highest BCUT2D eigenvalue weighted by Crippen LogP contribution is 2.20. The summed E-state index contributed by atoms with van der Waals surface area (Å²) in [5.41, 5.74) is -0.646. The normalized spacial score (nSPS) is 18.9. The van der Waals surface area contributed by atoms with Crippen LogP contribution in [0.1, 0.15) is 33.2 Å². The van der Waals surface area contributed by atoms with E-state index < -0.39 is 17.5 Å². The first-order valence-electron chi connectivity index (χ1n) is 6.51. The fourth-order valence-electron chi connectivity index (χ4n) is 2.02. The molecule has 2 heterocycles. The number of ether oxygens (including phenoxy) is 2. The molecule has 7 heteroatoms. The van der Waals surface area contributed by atoms with Gasteiger partial charge in [-0.25, -0.2) is 0 Å². The average molecular weight is 281 g/mol. The van der Waals surface area contributed by atoms with Crippen LogP contribution in [0.15, 0.2) is 12.4 Å². The summed E-state index contributed by atoms with van der Waals surface area (Å²) in [5, 5.41) is 6.90. The van der Waals surface area contributed by atoms with Crippen molar-refractivity contribution in [2.45, 2.75) is 38.8 Å². The van der Waals surface area contributed by atoms with Gasteiger partial charge in [0.1, 0.15) is 0 Å². The third-order valence-electron chi connectivity index (χ3n) is 3.08. The SMILES string of the molecule is CC(=O)OC(C)(C)C(=O)Nc1cnn(C2CCOC2)c1. The molecule has 1 aromatic heterocycles. The second kappa shape index (κ2) is 5.62. The monoisotopic (exact) mass is 281 g/mol. The highest BCUT2D eigenvalue weighted by atomic mass is 16.6. The van der Waals surface area contributed by atoms with E-state index >= 15 is 0 Å². The van der Waals surface area contributed by atoms with Crippen LogP contribution in [0.4, 0.5) is 5.69 Å². The summed E-state index contributed by atoms with van der Waals surface area (Å²) in [4.78, 5) is 23.0. The molecule has 1 aromatic rings. The van der Waals surface area contributed by atoms with Crippen molar-refractivity contribution in [3.63, 3.8) is 0 Å². The molecule has 0 spiro atoms. The molecule has 1 unspecified atom stereocenters. The molecular formula is C13H19N3O4. The molecule has 110 valence electrons. The lowest BCUT2D eigenvalue weighted by Gasteiger charge is -2.22. The van der Waals surface area contributed by atoms with Gasteiger partial charge in [-0.2, -0.15) is 5.10 Å². The number of nitrogens with zero attached hydrogens (tertiary/aromatic N) is 2. The first kappa shape index (κ1) is 14.5. The Morgan fingerprint density at radius 2 is 2.30 bits per heavy atom. The quantitative estimate of drug-likeness (QED) is 0.836. The van der Waals surface area contributed by atoms with Gasteiger partial charge in [-0.15, -0.1) is 0 Å². The predicted molar refractivity (Wildman–Crippen MR) is 71.2 cm³/mol. The van der Waals surface area contributed by atoms with Gasteiger partial charge in [0.15, 0.2) is 5.60 Å². The summed E-state index contributed by atoms with van der Waals surface area (Å²) in [5.74, 6) is -0.890. The second-order valence-electron chi connectivity index (χ2n) is 5.28. The minimum Gasteiger partial charge on any atom is -0.450 e. The molecule has 1 aliphatic rings. The van der Waals surface area contributed by atoms with Gasteiger partial charge in [-0.1, -0.05) is 0 Å². The third kappa shape index (κ3) is 3.36. The first-order chi connectivity index (χ1) is 9.38. The molecular weight excluding hydrogens is 262 g/mol. The molecule has 7 nitrogen and oxygen atoms in total. The van der Waals surface area contributed by atoms with Crippen molar-refractivity contribution in [1.29, 1.82) is 0 Å². The van der Waals surface area contributed by atoms with Crippen molar-refractivity contribution < 1.29 is 19.1 Å². The molecule has 0 bridgehead atoms. The number of nitrogens with one attached hydrogen (secondary N) is 1. The molecule has 1 fully saturated rings. The van der Waals surface area contributed by atoms with E-state index in [1.807, 2.05) is 0 Å². The molecule has 1 amide bonds. The second-order valence-corrected chi connectivity index (χ2v) is 5.28. The Hall–Kier alpha value is -1.89. The van der Waals surface area contributed by atoms with Gasteiger partial charge in [0, 0.05) is 19.7 Å². The van der Waals surface area contributed by atoms with Gasteiger partial charge in [-0.05, 0) is 20.3 Å². The van der Waals surface area contributed by atoms with Crippen molar-refractivity contribution in [3.8, 4) is 0 Å². The van der Waals surface area contributed by atoms with Crippen molar-refractivity contribution in [3.05, 3.63) is 12.4 Å². The first-order valence-corrected chi connectivity index (χ1v) is 6.51. The van der Waals surface area contributed by atoms with E-state index in [1.54, 1.807) is 30.9 Å². The number of esters is 1. The zero-order valence-electron chi connectivity index (χ0n) is 11.9. The molecule has 2 rings (SSSR count). The maximum atomic E-state index is 12.1. The standard InChI is InChI=1S/C13H19N3O4/c1-9(17)20-13(2,3)12(18)15-10-6-14-16(7-10)11-4-5-19-8-11/h6-7,11H,4-5,8H2,1-3H3,(H,15,18). The van der Waals surface area contributed by atoms with Crippen molar-refractivity contribution in [2.75, 3.05) is 18.5 Å². The number of hydrogen-bond donors (Lipinski definition) is 1. The van der Waals surface area contributed by atoms with E-state index in [4.69, 9.17) is 9.47 Å². The number of rotatable bonds is 4. The summed E-state index contributed by atoms with van der Waals surface area (Å²) in [6.07, 6.45) is 4.23. The van der Waals surface area contributed by atoms with Crippen molar-refractivity contribution in [2.24, 2.45) is 0 Å². The molecule has 1 aliphatic heterocycles. The number of hydrogen-bond acceptors (Lipinski definition) is 5. The Balaban J connectivity index is 1.99. The molecule has 1 atom stereocenters. The van der Waals surface area contributed by atoms with Crippen molar-refractivity contribution >= 4 is 17.6 Å². The van der Waals surface area contributed by atoms with E-state index in [2.05, 4.69) is 10.4 Å². The lowest BCUT2D eigenvalue weighted by molar-refractivity contribution is -0.160. The largest absolute Gasteiger partial charge is 0.450 e. The molecule has 0 aliphatic carbocycles. The fraction of sp³-hybridized carbons (Fsp3) is 0.615. The summed E-state index contributed by atoms with van der Waals surface area (Å²) >= 11 is 0. The Kier molecular flexibility index (Phi) is 4.08. The van der Waals surface area contributed by atoms with Crippen LogP contribution in [0.3, 0.4) is 0 Å². The number of anilines is 1. The zero-order valence-corrected chi connectivity index (χ0v) is 11.9. The Labute approximate surface area is 117 Å². The van der Waals surface area contributed by atoms with Gasteiger partial charge < -0.3 is 14.8 Å². The fourth-order valence-corrected chi connectivity index (χ4v) is 2.02. The number of carbonyl (C=O) groups excluding carboxylic acids is 2. The minimum atomic E-state index is -1.22. The zero-order chi connectivity index (χ0) is 14.8. The van der Waals surface area contributed by atoms with Crippen LogP contribution in [0.5, 0.6) is 0 Å². The molecule has 0 aromatic carbocycles. The maximum Gasteiger partial charge on any atom is 0.303 e. The number of carbonyl (C=O) groups is 2. The van der Waals surface area contributed by atoms with E-state index in [0.29, 0.717) is 12.3 Å². The van der Waals surface area contributed by atoms with Crippen LogP contribution in [-0.4, -0.2) is 40.5 Å². The topological polar surface area (TPSA) is 82.5 Å². The van der Waals surface area contributed by atoms with Crippen LogP contribution in [0.2, 0.25) is 0 Å². The summed E-state index contributed by atoms with van der Waals surface area (Å²) in [6, 6.07) is 0.210. The Bertz CT molecular complexity index is 503. The summed E-state index contributed by atoms with van der Waals surface area (Å²) in [6.45, 7) is 5.71. The van der Waals surface area contributed by atoms with Crippen LogP contribution >= 0.6 is 0 Å². The van der Waals surface area contributed by atoms with Gasteiger partial charge in [-0.3, -0.25) is 14.3 Å². The molecule has 1 saturated heterocycles. The molecule has 0 radical (unpaired) electrons. The van der Waals surface area contributed by atoms with Crippen LogP contribution in [-0.2, 0) is 19.1 Å². The van der Waals surface area contributed by atoms with E-state index in [-0.39, 0.29) is 6.04 Å². The third-order valence-corrected chi connectivity index (χ3v) is 3.08. The van der Waals surface area contributed by atoms with E-state index in [0.717, 1.165) is 13.0 Å². The lowest BCUT2D eigenvalue weighted by Crippen LogP contribution is -2.41.